The topological polar surface area (TPSA) is 68.0 Å². The summed E-state index contributed by atoms with van der Waals surface area (Å²) in [5.41, 5.74) is 7.43. The van der Waals surface area contributed by atoms with Gasteiger partial charge in [-0.2, -0.15) is 0 Å². The van der Waals surface area contributed by atoms with Gasteiger partial charge in [0, 0.05) is 25.9 Å². The Morgan fingerprint density at radius 1 is 1.47 bits per heavy atom. The van der Waals surface area contributed by atoms with Crippen LogP contribution < -0.4 is 11.1 Å². The maximum absolute atomic E-state index is 11.2. The van der Waals surface area contributed by atoms with Crippen LogP contribution in [-0.4, -0.2) is 10.8 Å². The van der Waals surface area contributed by atoms with Gasteiger partial charge in [0.05, 0.1) is 15.6 Å². The van der Waals surface area contributed by atoms with Gasteiger partial charge in [0.25, 0.3) is 0 Å². The summed E-state index contributed by atoms with van der Waals surface area (Å²) in [5, 5.41) is 4.14. The molecule has 2 heterocycles. The molecule has 0 fully saturated rings. The number of carbonyl (C=O) groups excluding carboxylic acids is 1. The summed E-state index contributed by atoms with van der Waals surface area (Å²) in [7, 11) is 0. The molecule has 0 spiro atoms. The zero-order chi connectivity index (χ0) is 12.3. The van der Waals surface area contributed by atoms with Crippen molar-refractivity contribution in [2.24, 2.45) is 0 Å². The van der Waals surface area contributed by atoms with E-state index < -0.39 is 0 Å². The lowest BCUT2D eigenvalue weighted by molar-refractivity contribution is 0.102. The molecule has 0 aromatic carbocycles. The summed E-state index contributed by atoms with van der Waals surface area (Å²) < 4.78 is 0. The molecule has 2 aromatic rings. The van der Waals surface area contributed by atoms with E-state index in [0.29, 0.717) is 17.1 Å². The van der Waals surface area contributed by atoms with E-state index >= 15 is 0 Å². The number of hydrogen-bond donors (Lipinski definition) is 2. The van der Waals surface area contributed by atoms with Crippen molar-refractivity contribution in [2.75, 3.05) is 11.1 Å². The number of aromatic nitrogens is 1. The molecule has 0 saturated heterocycles. The Morgan fingerprint density at radius 2 is 2.18 bits per heavy atom. The van der Waals surface area contributed by atoms with E-state index in [9.17, 15) is 4.79 Å². The molecule has 0 radical (unpaired) electrons. The van der Waals surface area contributed by atoms with Gasteiger partial charge >= 0.3 is 0 Å². The molecule has 0 aliphatic heterocycles. The number of hydrogen-bond acceptors (Lipinski definition) is 5. The van der Waals surface area contributed by atoms with Gasteiger partial charge in [0.2, 0.25) is 0 Å². The molecule has 0 aliphatic rings. The van der Waals surface area contributed by atoms with Crippen molar-refractivity contribution < 1.29 is 4.79 Å². The fourth-order valence-electron chi connectivity index (χ4n) is 1.46. The first-order valence-electron chi connectivity index (χ1n) is 5.20. The van der Waals surface area contributed by atoms with Crippen LogP contribution in [0.4, 0.5) is 10.7 Å². The third kappa shape index (κ3) is 2.82. The smallest absolute Gasteiger partial charge is 0.171 e. The lowest BCUT2D eigenvalue weighted by atomic mass is 10.3. The minimum Gasteiger partial charge on any atom is -0.397 e. The Morgan fingerprint density at radius 3 is 2.76 bits per heavy atom. The predicted molar refractivity (Wildman–Crippen MR) is 70.3 cm³/mol. The highest BCUT2D eigenvalue weighted by Gasteiger charge is 2.09. The minimum atomic E-state index is 0.00413. The molecule has 17 heavy (non-hydrogen) atoms. The molecule has 0 atom stereocenters. The average molecular weight is 247 g/mol. The summed E-state index contributed by atoms with van der Waals surface area (Å²) >= 11 is 1.39. The molecular weight excluding hydrogens is 234 g/mol. The van der Waals surface area contributed by atoms with Crippen LogP contribution in [0, 0.1) is 0 Å². The average Bonchev–Trinajstić information content (AvgIpc) is 2.69. The molecule has 5 heteroatoms. The zero-order valence-electron chi connectivity index (χ0n) is 9.43. The Balaban J connectivity index is 2.05. The Bertz CT molecular complexity index is 522. The first-order valence-corrected chi connectivity index (χ1v) is 6.01. The second kappa shape index (κ2) is 4.97. The SMILES string of the molecule is CC(=O)c1sc(NCc2ccncc2)cc1N. The Labute approximate surface area is 103 Å². The molecule has 2 rings (SSSR count). The highest BCUT2D eigenvalue weighted by Crippen LogP contribution is 2.29. The van der Waals surface area contributed by atoms with Crippen molar-refractivity contribution in [3.8, 4) is 0 Å². The van der Waals surface area contributed by atoms with E-state index in [1.165, 1.54) is 18.3 Å². The van der Waals surface area contributed by atoms with E-state index in [0.717, 1.165) is 10.6 Å². The molecule has 0 aliphatic carbocycles. The maximum atomic E-state index is 11.2. The number of thiophene rings is 1. The summed E-state index contributed by atoms with van der Waals surface area (Å²) in [4.78, 5) is 15.8. The largest absolute Gasteiger partial charge is 0.397 e. The molecule has 0 unspecified atom stereocenters. The first-order chi connectivity index (χ1) is 8.16. The van der Waals surface area contributed by atoms with E-state index in [4.69, 9.17) is 5.73 Å². The number of pyridine rings is 1. The molecular formula is C12H13N3OS. The van der Waals surface area contributed by atoms with E-state index in [1.54, 1.807) is 18.5 Å². The van der Waals surface area contributed by atoms with Crippen LogP contribution in [0.25, 0.3) is 0 Å². The van der Waals surface area contributed by atoms with E-state index in [2.05, 4.69) is 10.3 Å². The number of carbonyl (C=O) groups is 1. The second-order valence-electron chi connectivity index (χ2n) is 3.66. The third-order valence-electron chi connectivity index (χ3n) is 2.30. The van der Waals surface area contributed by atoms with Crippen LogP contribution in [0.2, 0.25) is 0 Å². The maximum Gasteiger partial charge on any atom is 0.171 e. The van der Waals surface area contributed by atoms with Crippen molar-refractivity contribution >= 4 is 27.8 Å². The van der Waals surface area contributed by atoms with Crippen LogP contribution in [0.5, 0.6) is 0 Å². The molecule has 3 N–H and O–H groups in total. The van der Waals surface area contributed by atoms with Crippen LogP contribution in [0.15, 0.2) is 30.6 Å². The van der Waals surface area contributed by atoms with Gasteiger partial charge in [-0.1, -0.05) is 0 Å². The first kappa shape index (κ1) is 11.6. The number of nitrogens with one attached hydrogen (secondary N) is 1. The van der Waals surface area contributed by atoms with Gasteiger partial charge in [0.1, 0.15) is 0 Å². The predicted octanol–water partition coefficient (Wildman–Crippen LogP) is 2.54. The summed E-state index contributed by atoms with van der Waals surface area (Å²) in [6.45, 7) is 2.22. The number of Topliss-reactive ketones (excluding diaryl/α,β-unsaturated/α-hetero) is 1. The molecule has 88 valence electrons. The normalized spacial score (nSPS) is 10.2. The molecule has 0 amide bonds. The van der Waals surface area contributed by atoms with E-state index in [1.807, 2.05) is 12.1 Å². The molecule has 2 aromatic heterocycles. The van der Waals surface area contributed by atoms with Crippen molar-refractivity contribution in [3.05, 3.63) is 41.0 Å². The molecule has 4 nitrogen and oxygen atoms in total. The number of rotatable bonds is 4. The lowest BCUT2D eigenvalue weighted by Gasteiger charge is -2.02. The minimum absolute atomic E-state index is 0.00413. The van der Waals surface area contributed by atoms with Crippen molar-refractivity contribution in [3.63, 3.8) is 0 Å². The van der Waals surface area contributed by atoms with E-state index in [-0.39, 0.29) is 5.78 Å². The van der Waals surface area contributed by atoms with Crippen LogP contribution in [-0.2, 0) is 6.54 Å². The number of nitrogens with zero attached hydrogens (tertiary/aromatic N) is 1. The number of nitrogens with two attached hydrogens (primary N) is 1. The highest BCUT2D eigenvalue weighted by atomic mass is 32.1. The van der Waals surface area contributed by atoms with Crippen molar-refractivity contribution in [1.29, 1.82) is 0 Å². The number of nitrogen functional groups attached to an aromatic ring is 1. The van der Waals surface area contributed by atoms with Gasteiger partial charge in [-0.15, -0.1) is 11.3 Å². The number of ketones is 1. The Hall–Kier alpha value is -1.88. The zero-order valence-corrected chi connectivity index (χ0v) is 10.3. The fourth-order valence-corrected chi connectivity index (χ4v) is 2.33. The van der Waals surface area contributed by atoms with Gasteiger partial charge in [-0.05, 0) is 23.8 Å². The van der Waals surface area contributed by atoms with Crippen molar-refractivity contribution in [2.45, 2.75) is 13.5 Å². The van der Waals surface area contributed by atoms with Crippen LogP contribution in [0.3, 0.4) is 0 Å². The molecule has 0 saturated carbocycles. The van der Waals surface area contributed by atoms with Gasteiger partial charge < -0.3 is 11.1 Å². The van der Waals surface area contributed by atoms with Gasteiger partial charge in [-0.25, -0.2) is 0 Å². The monoisotopic (exact) mass is 247 g/mol. The quantitative estimate of drug-likeness (QED) is 0.815. The van der Waals surface area contributed by atoms with Gasteiger partial charge in [-0.3, -0.25) is 9.78 Å². The summed E-state index contributed by atoms with van der Waals surface area (Å²) in [6, 6.07) is 5.67. The van der Waals surface area contributed by atoms with Crippen LogP contribution in [0.1, 0.15) is 22.2 Å². The highest BCUT2D eigenvalue weighted by molar-refractivity contribution is 7.18. The Kier molecular flexibility index (Phi) is 3.39. The summed E-state index contributed by atoms with van der Waals surface area (Å²) in [6.07, 6.45) is 3.50. The van der Waals surface area contributed by atoms with Crippen molar-refractivity contribution in [1.82, 2.24) is 4.98 Å². The second-order valence-corrected chi connectivity index (χ2v) is 4.71. The number of anilines is 2. The lowest BCUT2D eigenvalue weighted by Crippen LogP contribution is -1.97. The van der Waals surface area contributed by atoms with Crippen LogP contribution >= 0.6 is 11.3 Å². The third-order valence-corrected chi connectivity index (χ3v) is 3.51. The molecule has 0 bridgehead atoms. The fraction of sp³-hybridized carbons (Fsp3) is 0.167. The van der Waals surface area contributed by atoms with Gasteiger partial charge in [0.15, 0.2) is 5.78 Å². The standard InChI is InChI=1S/C12H13N3OS/c1-8(16)12-10(13)6-11(17-12)15-7-9-2-4-14-5-3-9/h2-6,15H,7,13H2,1H3. The summed E-state index contributed by atoms with van der Waals surface area (Å²) in [5.74, 6) is 0.00413.